The molecule has 7 heteroatoms. The van der Waals surface area contributed by atoms with Crippen LogP contribution in [0.15, 0.2) is 60.0 Å². The molecule has 4 rings (SSSR count). The molecule has 2 aromatic carbocycles. The Morgan fingerprint density at radius 3 is 2.58 bits per heavy atom. The molecule has 6 nitrogen and oxygen atoms in total. The van der Waals surface area contributed by atoms with Crippen molar-refractivity contribution in [2.24, 2.45) is 0 Å². The predicted octanol–water partition coefficient (Wildman–Crippen LogP) is 4.29. The summed E-state index contributed by atoms with van der Waals surface area (Å²) < 4.78 is 3.86. The lowest BCUT2D eigenvalue weighted by Crippen LogP contribution is -2.48. The van der Waals surface area contributed by atoms with Crippen molar-refractivity contribution in [1.29, 1.82) is 0 Å². The SMILES string of the molecule is Cc1cccc(C(C(=O)NCc2ccccc2)N(C(=O)c2csnn2)C2CCCC2)c1. The standard InChI is InChI=1S/C24H26N4O2S/c1-17-8-7-11-19(14-17)22(23(29)25-15-18-9-3-2-4-10-18)28(20-12-5-6-13-20)24(30)21-16-31-27-26-21/h2-4,7-11,14,16,20,22H,5-6,12-13,15H2,1H3,(H,25,29). The maximum atomic E-state index is 13.6. The Labute approximate surface area is 186 Å². The summed E-state index contributed by atoms with van der Waals surface area (Å²) in [6, 6.07) is 16.9. The van der Waals surface area contributed by atoms with Crippen LogP contribution in [0.25, 0.3) is 0 Å². The first-order valence-electron chi connectivity index (χ1n) is 10.6. The molecule has 1 heterocycles. The first-order chi connectivity index (χ1) is 15.1. The van der Waals surface area contributed by atoms with Crippen LogP contribution < -0.4 is 5.32 Å². The van der Waals surface area contributed by atoms with Crippen molar-refractivity contribution in [3.05, 3.63) is 82.4 Å². The van der Waals surface area contributed by atoms with E-state index in [4.69, 9.17) is 0 Å². The maximum absolute atomic E-state index is 13.6. The van der Waals surface area contributed by atoms with Gasteiger partial charge in [-0.3, -0.25) is 9.59 Å². The Bertz CT molecular complexity index is 1020. The fraction of sp³-hybridized carbons (Fsp3) is 0.333. The zero-order valence-electron chi connectivity index (χ0n) is 17.5. The Hall–Kier alpha value is -3.06. The number of amides is 2. The first kappa shape index (κ1) is 21.2. The molecule has 0 aliphatic heterocycles. The van der Waals surface area contributed by atoms with Gasteiger partial charge < -0.3 is 10.2 Å². The predicted molar refractivity (Wildman–Crippen MR) is 121 cm³/mol. The molecule has 160 valence electrons. The summed E-state index contributed by atoms with van der Waals surface area (Å²) in [5.74, 6) is -0.417. The van der Waals surface area contributed by atoms with E-state index in [9.17, 15) is 9.59 Å². The summed E-state index contributed by atoms with van der Waals surface area (Å²) >= 11 is 1.14. The summed E-state index contributed by atoms with van der Waals surface area (Å²) in [5, 5.41) is 8.71. The summed E-state index contributed by atoms with van der Waals surface area (Å²) in [5.41, 5.74) is 3.17. The van der Waals surface area contributed by atoms with Gasteiger partial charge in [0.25, 0.3) is 5.91 Å². The summed E-state index contributed by atoms with van der Waals surface area (Å²) in [4.78, 5) is 28.8. The van der Waals surface area contributed by atoms with Gasteiger partial charge in [-0.15, -0.1) is 5.10 Å². The van der Waals surface area contributed by atoms with E-state index >= 15 is 0 Å². The van der Waals surface area contributed by atoms with Crippen LogP contribution in [0.4, 0.5) is 0 Å². The van der Waals surface area contributed by atoms with Crippen molar-refractivity contribution in [2.45, 2.75) is 51.2 Å². The molecule has 1 aliphatic rings. The van der Waals surface area contributed by atoms with Crippen molar-refractivity contribution in [1.82, 2.24) is 19.8 Å². The van der Waals surface area contributed by atoms with Crippen LogP contribution in [0.5, 0.6) is 0 Å². The molecule has 1 saturated carbocycles. The third-order valence-corrected chi connectivity index (χ3v) is 6.23. The number of carbonyl (C=O) groups is 2. The molecule has 1 aliphatic carbocycles. The topological polar surface area (TPSA) is 75.2 Å². The van der Waals surface area contributed by atoms with E-state index in [1.165, 1.54) is 0 Å². The van der Waals surface area contributed by atoms with Crippen molar-refractivity contribution in [3.63, 3.8) is 0 Å². The highest BCUT2D eigenvalue weighted by Gasteiger charge is 2.38. The minimum Gasteiger partial charge on any atom is -0.350 e. The van der Waals surface area contributed by atoms with Crippen molar-refractivity contribution < 1.29 is 9.59 Å². The minimum absolute atomic E-state index is 0.00203. The molecule has 3 aromatic rings. The molecular weight excluding hydrogens is 408 g/mol. The van der Waals surface area contributed by atoms with Crippen molar-refractivity contribution >= 4 is 23.3 Å². The highest BCUT2D eigenvalue weighted by Crippen LogP contribution is 2.33. The second-order valence-corrected chi connectivity index (χ2v) is 8.57. The fourth-order valence-corrected chi connectivity index (χ4v) is 4.66. The van der Waals surface area contributed by atoms with Gasteiger partial charge in [0.2, 0.25) is 5.91 Å². The Morgan fingerprint density at radius 1 is 1.13 bits per heavy atom. The highest BCUT2D eigenvalue weighted by molar-refractivity contribution is 7.03. The van der Waals surface area contributed by atoms with Crippen LogP contribution in [0.1, 0.15) is 58.9 Å². The molecule has 0 saturated heterocycles. The molecule has 1 fully saturated rings. The second kappa shape index (κ2) is 9.83. The van der Waals surface area contributed by atoms with E-state index in [1.807, 2.05) is 61.5 Å². The average molecular weight is 435 g/mol. The highest BCUT2D eigenvalue weighted by atomic mass is 32.1. The van der Waals surface area contributed by atoms with Gasteiger partial charge in [0.15, 0.2) is 5.69 Å². The lowest BCUT2D eigenvalue weighted by atomic mass is 9.99. The van der Waals surface area contributed by atoms with Gasteiger partial charge in [-0.1, -0.05) is 77.5 Å². The van der Waals surface area contributed by atoms with Crippen molar-refractivity contribution in [2.75, 3.05) is 0 Å². The van der Waals surface area contributed by atoms with Gasteiger partial charge >= 0.3 is 0 Å². The normalized spacial score (nSPS) is 14.9. The summed E-state index contributed by atoms with van der Waals surface area (Å²) in [6.45, 7) is 2.40. The molecule has 0 bridgehead atoms. The van der Waals surface area contributed by atoms with Crippen LogP contribution in [0.3, 0.4) is 0 Å². The molecule has 1 aromatic heterocycles. The smallest absolute Gasteiger partial charge is 0.276 e. The van der Waals surface area contributed by atoms with E-state index in [2.05, 4.69) is 14.9 Å². The molecule has 1 atom stereocenters. The van der Waals surface area contributed by atoms with Gasteiger partial charge in [-0.05, 0) is 42.4 Å². The second-order valence-electron chi connectivity index (χ2n) is 7.96. The van der Waals surface area contributed by atoms with Crippen LogP contribution in [-0.2, 0) is 11.3 Å². The van der Waals surface area contributed by atoms with Crippen LogP contribution in [-0.4, -0.2) is 32.3 Å². The monoisotopic (exact) mass is 434 g/mol. The number of benzene rings is 2. The summed E-state index contributed by atoms with van der Waals surface area (Å²) in [6.07, 6.45) is 3.88. The third-order valence-electron chi connectivity index (χ3n) is 5.73. The van der Waals surface area contributed by atoms with Gasteiger partial charge in [-0.2, -0.15) is 0 Å². The Kier molecular flexibility index (Phi) is 6.72. The first-order valence-corrected chi connectivity index (χ1v) is 11.4. The molecular formula is C24H26N4O2S. The van der Waals surface area contributed by atoms with E-state index in [-0.39, 0.29) is 17.9 Å². The molecule has 2 amide bonds. The van der Waals surface area contributed by atoms with Crippen LogP contribution in [0, 0.1) is 6.92 Å². The number of aromatic nitrogens is 2. The lowest BCUT2D eigenvalue weighted by molar-refractivity contribution is -0.126. The van der Waals surface area contributed by atoms with Gasteiger partial charge in [-0.25, -0.2) is 0 Å². The average Bonchev–Trinajstić information content (AvgIpc) is 3.50. The molecule has 0 spiro atoms. The zero-order chi connectivity index (χ0) is 21.6. The van der Waals surface area contributed by atoms with Gasteiger partial charge in [0.05, 0.1) is 0 Å². The zero-order valence-corrected chi connectivity index (χ0v) is 18.3. The molecule has 31 heavy (non-hydrogen) atoms. The minimum atomic E-state index is -0.721. The van der Waals surface area contributed by atoms with Gasteiger partial charge in [0.1, 0.15) is 6.04 Å². The fourth-order valence-electron chi connectivity index (χ4n) is 4.23. The number of carbonyl (C=O) groups excluding carboxylic acids is 2. The number of hydrogen-bond donors (Lipinski definition) is 1. The largest absolute Gasteiger partial charge is 0.350 e. The number of nitrogens with one attached hydrogen (secondary N) is 1. The van der Waals surface area contributed by atoms with E-state index in [1.54, 1.807) is 10.3 Å². The Balaban J connectivity index is 1.69. The molecule has 0 radical (unpaired) electrons. The number of hydrogen-bond acceptors (Lipinski definition) is 5. The Morgan fingerprint density at radius 2 is 1.90 bits per heavy atom. The van der Waals surface area contributed by atoms with E-state index < -0.39 is 6.04 Å². The lowest BCUT2D eigenvalue weighted by Gasteiger charge is -2.35. The van der Waals surface area contributed by atoms with E-state index in [0.717, 1.165) is 53.9 Å². The number of aryl methyl sites for hydroxylation is 1. The molecule has 1 N–H and O–H groups in total. The third kappa shape index (κ3) is 4.99. The molecule has 1 unspecified atom stereocenters. The number of nitrogens with zero attached hydrogens (tertiary/aromatic N) is 3. The van der Waals surface area contributed by atoms with E-state index in [0.29, 0.717) is 12.2 Å². The van der Waals surface area contributed by atoms with Crippen molar-refractivity contribution in [3.8, 4) is 0 Å². The number of rotatable bonds is 7. The van der Waals surface area contributed by atoms with Gasteiger partial charge in [0, 0.05) is 18.0 Å². The van der Waals surface area contributed by atoms with Crippen LogP contribution in [0.2, 0.25) is 0 Å². The maximum Gasteiger partial charge on any atom is 0.276 e. The summed E-state index contributed by atoms with van der Waals surface area (Å²) in [7, 11) is 0. The quantitative estimate of drug-likeness (QED) is 0.602. The van der Waals surface area contributed by atoms with Crippen LogP contribution >= 0.6 is 11.5 Å².